The maximum Gasteiger partial charge on any atom is 0.271 e. The van der Waals surface area contributed by atoms with E-state index in [0.717, 1.165) is 41.0 Å². The van der Waals surface area contributed by atoms with Gasteiger partial charge < -0.3 is 4.74 Å². The smallest absolute Gasteiger partial charge is 0.271 e. The van der Waals surface area contributed by atoms with Crippen molar-refractivity contribution in [2.75, 3.05) is 0 Å². The maximum atomic E-state index is 12.4. The molecule has 1 aliphatic carbocycles. The van der Waals surface area contributed by atoms with Gasteiger partial charge in [0.05, 0.1) is 5.71 Å². The molecule has 0 fully saturated rings. The zero-order chi connectivity index (χ0) is 19.9. The van der Waals surface area contributed by atoms with E-state index in [9.17, 15) is 4.79 Å². The molecule has 4 nitrogen and oxygen atoms in total. The van der Waals surface area contributed by atoms with Crippen LogP contribution in [-0.4, -0.2) is 11.6 Å². The summed E-state index contributed by atoms with van der Waals surface area (Å²) in [6, 6.07) is 17.1. The number of carbonyl (C=O) groups is 1. The molecule has 1 N–H and O–H groups in total. The summed E-state index contributed by atoms with van der Waals surface area (Å²) in [4.78, 5) is 12.4. The van der Waals surface area contributed by atoms with Gasteiger partial charge in [0.25, 0.3) is 5.91 Å². The van der Waals surface area contributed by atoms with Crippen molar-refractivity contribution < 1.29 is 9.53 Å². The minimum Gasteiger partial charge on any atom is -0.489 e. The van der Waals surface area contributed by atoms with Crippen LogP contribution in [0.4, 0.5) is 0 Å². The van der Waals surface area contributed by atoms with Gasteiger partial charge in [0.2, 0.25) is 0 Å². The van der Waals surface area contributed by atoms with Gasteiger partial charge in [0, 0.05) is 5.56 Å². The zero-order valence-corrected chi connectivity index (χ0v) is 16.4. The van der Waals surface area contributed by atoms with E-state index in [-0.39, 0.29) is 5.91 Å². The Bertz CT molecular complexity index is 896. The standard InChI is InChI=1S/C24H26N2O2/c1-17(2)21-10-9-18(3)23(15-21)25-26-24(27)20-11-13-22(14-12-20)28-16-19-7-5-4-6-8-19/h4-9,11-14,21H,1,10,15-16H2,2-3H3,(H,26,27)/b25-23+. The van der Waals surface area contributed by atoms with Gasteiger partial charge in [-0.2, -0.15) is 5.10 Å². The molecule has 0 bridgehead atoms. The van der Waals surface area contributed by atoms with Gasteiger partial charge in [0.1, 0.15) is 12.4 Å². The lowest BCUT2D eigenvalue weighted by Gasteiger charge is -2.22. The molecule has 0 heterocycles. The first-order valence-corrected chi connectivity index (χ1v) is 9.49. The number of hydrogen-bond acceptors (Lipinski definition) is 3. The van der Waals surface area contributed by atoms with Crippen molar-refractivity contribution in [3.63, 3.8) is 0 Å². The fourth-order valence-electron chi connectivity index (χ4n) is 3.05. The molecule has 0 aromatic heterocycles. The van der Waals surface area contributed by atoms with Gasteiger partial charge in [-0.15, -0.1) is 0 Å². The van der Waals surface area contributed by atoms with Crippen molar-refractivity contribution >= 4 is 11.6 Å². The molecule has 1 aliphatic rings. The first-order chi connectivity index (χ1) is 13.5. The second-order valence-electron chi connectivity index (χ2n) is 7.17. The molecule has 0 spiro atoms. The van der Waals surface area contributed by atoms with Crippen molar-refractivity contribution in [1.82, 2.24) is 5.43 Å². The van der Waals surface area contributed by atoms with E-state index >= 15 is 0 Å². The number of allylic oxidation sites excluding steroid dienone is 3. The Kier molecular flexibility index (Phi) is 6.43. The van der Waals surface area contributed by atoms with Crippen molar-refractivity contribution in [2.45, 2.75) is 33.3 Å². The average Bonchev–Trinajstić information content (AvgIpc) is 2.72. The first kappa shape index (κ1) is 19.6. The summed E-state index contributed by atoms with van der Waals surface area (Å²) in [6.45, 7) is 8.60. The van der Waals surface area contributed by atoms with Gasteiger partial charge in [-0.1, -0.05) is 48.6 Å². The van der Waals surface area contributed by atoms with E-state index in [2.05, 4.69) is 23.2 Å². The second kappa shape index (κ2) is 9.18. The van der Waals surface area contributed by atoms with Crippen LogP contribution in [0, 0.1) is 5.92 Å². The van der Waals surface area contributed by atoms with E-state index in [4.69, 9.17) is 4.74 Å². The van der Waals surface area contributed by atoms with Gasteiger partial charge in [0.15, 0.2) is 0 Å². The molecule has 4 heteroatoms. The highest BCUT2D eigenvalue weighted by molar-refractivity contribution is 6.02. The number of carbonyl (C=O) groups excluding carboxylic acids is 1. The van der Waals surface area contributed by atoms with Crippen LogP contribution in [0.2, 0.25) is 0 Å². The maximum absolute atomic E-state index is 12.4. The third-order valence-corrected chi connectivity index (χ3v) is 4.96. The topological polar surface area (TPSA) is 50.7 Å². The molecular formula is C24H26N2O2. The zero-order valence-electron chi connectivity index (χ0n) is 16.4. The molecule has 2 aromatic carbocycles. The lowest BCUT2D eigenvalue weighted by Crippen LogP contribution is -2.23. The molecule has 0 radical (unpaired) electrons. The third-order valence-electron chi connectivity index (χ3n) is 4.96. The lowest BCUT2D eigenvalue weighted by molar-refractivity contribution is 0.0954. The fraction of sp³-hybridized carbons (Fsp3) is 0.250. The van der Waals surface area contributed by atoms with Gasteiger partial charge in [-0.25, -0.2) is 5.43 Å². The lowest BCUT2D eigenvalue weighted by atomic mass is 9.85. The Balaban J connectivity index is 1.58. The van der Waals surface area contributed by atoms with Gasteiger partial charge >= 0.3 is 0 Å². The number of nitrogens with zero attached hydrogens (tertiary/aromatic N) is 1. The molecule has 144 valence electrons. The minimum absolute atomic E-state index is 0.229. The van der Waals surface area contributed by atoms with Crippen LogP contribution in [0.15, 0.2) is 83.5 Å². The highest BCUT2D eigenvalue weighted by Gasteiger charge is 2.19. The van der Waals surface area contributed by atoms with Crippen molar-refractivity contribution in [2.24, 2.45) is 11.0 Å². The summed E-state index contributed by atoms with van der Waals surface area (Å²) < 4.78 is 5.76. The molecule has 28 heavy (non-hydrogen) atoms. The highest BCUT2D eigenvalue weighted by atomic mass is 16.5. The molecule has 2 aromatic rings. The molecule has 3 rings (SSSR count). The fourth-order valence-corrected chi connectivity index (χ4v) is 3.05. The summed E-state index contributed by atoms with van der Waals surface area (Å²) in [6.07, 6.45) is 3.95. The normalized spacial score (nSPS) is 17.7. The van der Waals surface area contributed by atoms with Crippen LogP contribution in [0.3, 0.4) is 0 Å². The number of amides is 1. The molecule has 0 saturated heterocycles. The molecule has 0 saturated carbocycles. The van der Waals surface area contributed by atoms with E-state index in [1.54, 1.807) is 24.3 Å². The van der Waals surface area contributed by atoms with Crippen LogP contribution in [0.5, 0.6) is 5.75 Å². The average molecular weight is 374 g/mol. The van der Waals surface area contributed by atoms with Crippen LogP contribution >= 0.6 is 0 Å². The van der Waals surface area contributed by atoms with Crippen LogP contribution < -0.4 is 10.2 Å². The number of hydrazone groups is 1. The highest BCUT2D eigenvalue weighted by Crippen LogP contribution is 2.26. The molecule has 1 atom stereocenters. The van der Waals surface area contributed by atoms with E-state index in [1.165, 1.54) is 0 Å². The Morgan fingerprint density at radius 2 is 1.89 bits per heavy atom. The van der Waals surface area contributed by atoms with Crippen LogP contribution in [0.1, 0.15) is 42.6 Å². The van der Waals surface area contributed by atoms with E-state index in [0.29, 0.717) is 18.1 Å². The molecule has 0 aliphatic heterocycles. The van der Waals surface area contributed by atoms with Gasteiger partial charge in [-0.3, -0.25) is 4.79 Å². The summed E-state index contributed by atoms with van der Waals surface area (Å²) in [5, 5.41) is 4.35. The Morgan fingerprint density at radius 3 is 2.57 bits per heavy atom. The summed E-state index contributed by atoms with van der Waals surface area (Å²) in [7, 11) is 0. The largest absolute Gasteiger partial charge is 0.489 e. The molecule has 1 amide bonds. The summed E-state index contributed by atoms with van der Waals surface area (Å²) in [5.74, 6) is 0.884. The van der Waals surface area contributed by atoms with Crippen molar-refractivity contribution in [1.29, 1.82) is 0 Å². The molecule has 1 unspecified atom stereocenters. The number of ether oxygens (including phenoxy) is 1. The van der Waals surface area contributed by atoms with E-state index in [1.807, 2.05) is 44.2 Å². The predicted molar refractivity (Wildman–Crippen MR) is 113 cm³/mol. The number of hydrogen-bond donors (Lipinski definition) is 1. The number of nitrogens with one attached hydrogen (secondary N) is 1. The second-order valence-corrected chi connectivity index (χ2v) is 7.17. The predicted octanol–water partition coefficient (Wildman–Crippen LogP) is 5.28. The third kappa shape index (κ3) is 5.19. The molecular weight excluding hydrogens is 348 g/mol. The Morgan fingerprint density at radius 1 is 1.18 bits per heavy atom. The number of benzene rings is 2. The monoisotopic (exact) mass is 374 g/mol. The minimum atomic E-state index is -0.229. The number of rotatable bonds is 6. The van der Waals surface area contributed by atoms with Crippen molar-refractivity contribution in [3.8, 4) is 5.75 Å². The Hall–Kier alpha value is -3.14. The summed E-state index contributed by atoms with van der Waals surface area (Å²) in [5.41, 5.74) is 7.49. The Labute approximate surface area is 166 Å². The van der Waals surface area contributed by atoms with Crippen LogP contribution in [0.25, 0.3) is 0 Å². The van der Waals surface area contributed by atoms with Crippen molar-refractivity contribution in [3.05, 3.63) is 89.5 Å². The van der Waals surface area contributed by atoms with E-state index < -0.39 is 0 Å². The van der Waals surface area contributed by atoms with Crippen LogP contribution in [-0.2, 0) is 6.61 Å². The summed E-state index contributed by atoms with van der Waals surface area (Å²) >= 11 is 0. The SMILES string of the molecule is C=C(C)C1CC=C(C)/C(=N/NC(=O)c2ccc(OCc3ccccc3)cc2)C1. The van der Waals surface area contributed by atoms with Gasteiger partial charge in [-0.05, 0) is 68.0 Å². The quantitative estimate of drug-likeness (QED) is 0.552. The first-order valence-electron chi connectivity index (χ1n) is 9.49.